The van der Waals surface area contributed by atoms with Gasteiger partial charge in [0.05, 0.1) is 0 Å². The van der Waals surface area contributed by atoms with E-state index in [9.17, 15) is 4.79 Å². The molecule has 2 heteroatoms. The average Bonchev–Trinajstić information content (AvgIpc) is 2.33. The van der Waals surface area contributed by atoms with Crippen LogP contribution >= 0.6 is 0 Å². The van der Waals surface area contributed by atoms with Crippen molar-refractivity contribution in [2.45, 2.75) is 39.0 Å². The highest BCUT2D eigenvalue weighted by atomic mass is 16.1. The first-order valence-corrected chi connectivity index (χ1v) is 6.13. The van der Waals surface area contributed by atoms with Gasteiger partial charge in [0.15, 0.2) is 0 Å². The van der Waals surface area contributed by atoms with E-state index in [4.69, 9.17) is 0 Å². The molecule has 1 aromatic rings. The summed E-state index contributed by atoms with van der Waals surface area (Å²) in [4.78, 5) is 11.9. The standard InChI is InChI=1S/C14H19NO.H2/c1-11-7-9-13(10-8-11)15-14(16)12-5-3-2-4-6-12;/h7-10,12H,2-6H2,1H3,(H,15,16);1H. The Balaban J connectivity index is 0.00000144. The van der Waals surface area contributed by atoms with Crippen molar-refractivity contribution in [3.05, 3.63) is 29.8 Å². The van der Waals surface area contributed by atoms with Crippen LogP contribution < -0.4 is 5.32 Å². The maximum Gasteiger partial charge on any atom is 0.227 e. The van der Waals surface area contributed by atoms with Crippen LogP contribution in [0.2, 0.25) is 0 Å². The van der Waals surface area contributed by atoms with Crippen LogP contribution in [-0.4, -0.2) is 5.91 Å². The van der Waals surface area contributed by atoms with Gasteiger partial charge in [-0.05, 0) is 31.9 Å². The molecule has 0 bridgehead atoms. The number of anilines is 1. The van der Waals surface area contributed by atoms with Gasteiger partial charge in [0.25, 0.3) is 0 Å². The van der Waals surface area contributed by atoms with Crippen LogP contribution in [-0.2, 0) is 4.79 Å². The van der Waals surface area contributed by atoms with Crippen molar-refractivity contribution in [3.8, 4) is 0 Å². The lowest BCUT2D eigenvalue weighted by Gasteiger charge is -2.20. The average molecular weight is 219 g/mol. The Hall–Kier alpha value is -1.31. The smallest absolute Gasteiger partial charge is 0.227 e. The number of carbonyl (C=O) groups excluding carboxylic acids is 1. The fourth-order valence-corrected chi connectivity index (χ4v) is 2.25. The predicted octanol–water partition coefficient (Wildman–Crippen LogP) is 3.76. The molecule has 0 unspecified atom stereocenters. The van der Waals surface area contributed by atoms with E-state index in [1.165, 1.54) is 24.8 Å². The highest BCUT2D eigenvalue weighted by molar-refractivity contribution is 5.92. The van der Waals surface area contributed by atoms with Gasteiger partial charge in [-0.15, -0.1) is 0 Å². The van der Waals surface area contributed by atoms with Gasteiger partial charge in [0, 0.05) is 13.0 Å². The third-order valence-corrected chi connectivity index (χ3v) is 3.30. The van der Waals surface area contributed by atoms with Crippen molar-refractivity contribution in [1.29, 1.82) is 0 Å². The van der Waals surface area contributed by atoms with Crippen LogP contribution in [0.1, 0.15) is 39.1 Å². The molecular weight excluding hydrogens is 198 g/mol. The fourth-order valence-electron chi connectivity index (χ4n) is 2.25. The van der Waals surface area contributed by atoms with Crippen LogP contribution in [0.25, 0.3) is 0 Å². The number of amides is 1. The van der Waals surface area contributed by atoms with E-state index in [-0.39, 0.29) is 13.3 Å². The minimum absolute atomic E-state index is 0. The zero-order chi connectivity index (χ0) is 11.4. The van der Waals surface area contributed by atoms with E-state index in [1.807, 2.05) is 31.2 Å². The van der Waals surface area contributed by atoms with Crippen LogP contribution in [0.15, 0.2) is 24.3 Å². The SMILES string of the molecule is Cc1ccc(NC(=O)C2CCCCC2)cc1.[HH]. The topological polar surface area (TPSA) is 29.1 Å². The molecule has 2 nitrogen and oxygen atoms in total. The second-order valence-electron chi connectivity index (χ2n) is 4.69. The number of hydrogen-bond acceptors (Lipinski definition) is 1. The van der Waals surface area contributed by atoms with Gasteiger partial charge in [-0.1, -0.05) is 37.0 Å². The minimum Gasteiger partial charge on any atom is -0.326 e. The highest BCUT2D eigenvalue weighted by Gasteiger charge is 2.20. The zero-order valence-corrected chi connectivity index (χ0v) is 9.83. The Kier molecular flexibility index (Phi) is 3.60. The van der Waals surface area contributed by atoms with Gasteiger partial charge in [0.1, 0.15) is 0 Å². The van der Waals surface area contributed by atoms with Gasteiger partial charge in [-0.3, -0.25) is 4.79 Å². The van der Waals surface area contributed by atoms with Crippen molar-refractivity contribution < 1.29 is 6.22 Å². The monoisotopic (exact) mass is 219 g/mol. The summed E-state index contributed by atoms with van der Waals surface area (Å²) in [6.45, 7) is 2.05. The first kappa shape index (κ1) is 11.2. The summed E-state index contributed by atoms with van der Waals surface area (Å²) < 4.78 is 0. The molecule has 0 aromatic heterocycles. The van der Waals surface area contributed by atoms with Crippen LogP contribution in [0.3, 0.4) is 0 Å². The Morgan fingerprint density at radius 2 is 1.81 bits per heavy atom. The number of nitrogens with one attached hydrogen (secondary N) is 1. The number of hydrogen-bond donors (Lipinski definition) is 1. The third-order valence-electron chi connectivity index (χ3n) is 3.30. The van der Waals surface area contributed by atoms with Gasteiger partial charge in [0.2, 0.25) is 5.91 Å². The molecular formula is C14H21NO. The van der Waals surface area contributed by atoms with Crippen molar-refractivity contribution >= 4 is 11.6 Å². The first-order chi connectivity index (χ1) is 7.75. The lowest BCUT2D eigenvalue weighted by Crippen LogP contribution is -2.24. The Morgan fingerprint density at radius 1 is 1.19 bits per heavy atom. The molecule has 1 N–H and O–H groups in total. The van der Waals surface area contributed by atoms with E-state index < -0.39 is 0 Å². The molecule has 1 aliphatic carbocycles. The number of rotatable bonds is 2. The number of benzene rings is 1. The molecule has 0 aliphatic heterocycles. The Morgan fingerprint density at radius 3 is 2.44 bits per heavy atom. The lowest BCUT2D eigenvalue weighted by atomic mass is 9.88. The molecule has 0 spiro atoms. The molecule has 2 rings (SSSR count). The van der Waals surface area contributed by atoms with Crippen molar-refractivity contribution in [1.82, 2.24) is 0 Å². The first-order valence-electron chi connectivity index (χ1n) is 6.13. The Bertz CT molecular complexity index is 355. The quantitative estimate of drug-likeness (QED) is 0.806. The summed E-state index contributed by atoms with van der Waals surface area (Å²) in [5, 5.41) is 3.00. The highest BCUT2D eigenvalue weighted by Crippen LogP contribution is 2.24. The molecule has 1 fully saturated rings. The van der Waals surface area contributed by atoms with E-state index in [0.717, 1.165) is 18.5 Å². The zero-order valence-electron chi connectivity index (χ0n) is 9.83. The van der Waals surface area contributed by atoms with Gasteiger partial charge in [-0.2, -0.15) is 0 Å². The largest absolute Gasteiger partial charge is 0.326 e. The van der Waals surface area contributed by atoms with Crippen molar-refractivity contribution in [2.24, 2.45) is 5.92 Å². The molecule has 1 saturated carbocycles. The normalized spacial score (nSPS) is 17.1. The third kappa shape index (κ3) is 2.84. The summed E-state index contributed by atoms with van der Waals surface area (Å²) in [5.41, 5.74) is 2.14. The van der Waals surface area contributed by atoms with Crippen molar-refractivity contribution in [2.75, 3.05) is 5.32 Å². The number of aryl methyl sites for hydroxylation is 1. The van der Waals surface area contributed by atoms with Gasteiger partial charge >= 0.3 is 0 Å². The van der Waals surface area contributed by atoms with Crippen LogP contribution in [0, 0.1) is 12.8 Å². The van der Waals surface area contributed by atoms with E-state index in [0.29, 0.717) is 0 Å². The predicted molar refractivity (Wildman–Crippen MR) is 68.5 cm³/mol. The summed E-state index contributed by atoms with van der Waals surface area (Å²) in [6.07, 6.45) is 5.79. The van der Waals surface area contributed by atoms with Crippen molar-refractivity contribution in [3.63, 3.8) is 0 Å². The van der Waals surface area contributed by atoms with Gasteiger partial charge < -0.3 is 5.32 Å². The van der Waals surface area contributed by atoms with E-state index in [1.54, 1.807) is 0 Å². The van der Waals surface area contributed by atoms with Crippen LogP contribution in [0.4, 0.5) is 5.69 Å². The number of carbonyl (C=O) groups is 1. The maximum atomic E-state index is 11.9. The molecule has 16 heavy (non-hydrogen) atoms. The molecule has 1 aromatic carbocycles. The van der Waals surface area contributed by atoms with Gasteiger partial charge in [-0.25, -0.2) is 0 Å². The molecule has 0 heterocycles. The Labute approximate surface area is 98.5 Å². The van der Waals surface area contributed by atoms with E-state index in [2.05, 4.69) is 5.32 Å². The molecule has 88 valence electrons. The lowest BCUT2D eigenvalue weighted by molar-refractivity contribution is -0.120. The molecule has 1 aliphatic rings. The summed E-state index contributed by atoms with van der Waals surface area (Å²) in [6, 6.07) is 7.99. The molecule has 0 atom stereocenters. The maximum absolute atomic E-state index is 11.9. The minimum atomic E-state index is 0. The molecule has 0 saturated heterocycles. The molecule has 0 radical (unpaired) electrons. The summed E-state index contributed by atoms with van der Waals surface area (Å²) in [7, 11) is 0. The van der Waals surface area contributed by atoms with Crippen LogP contribution in [0.5, 0.6) is 0 Å². The fraction of sp³-hybridized carbons (Fsp3) is 0.500. The summed E-state index contributed by atoms with van der Waals surface area (Å²) in [5.74, 6) is 0.429. The van der Waals surface area contributed by atoms with E-state index >= 15 is 0 Å². The summed E-state index contributed by atoms with van der Waals surface area (Å²) >= 11 is 0. The molecule has 1 amide bonds. The second-order valence-corrected chi connectivity index (χ2v) is 4.69. The second kappa shape index (κ2) is 5.15.